The third-order valence-electron chi connectivity index (χ3n) is 4.63. The van der Waals surface area contributed by atoms with Gasteiger partial charge in [0.05, 0.1) is 13.2 Å². The van der Waals surface area contributed by atoms with Crippen molar-refractivity contribution in [3.8, 4) is 0 Å². The molecule has 1 N–H and O–H groups in total. The van der Waals surface area contributed by atoms with Crippen LogP contribution in [0, 0.1) is 0 Å². The molecule has 0 amide bonds. The fourth-order valence-corrected chi connectivity index (χ4v) is 2.99. The summed E-state index contributed by atoms with van der Waals surface area (Å²) in [6.45, 7) is 8.45. The number of morpholine rings is 1. The van der Waals surface area contributed by atoms with E-state index < -0.39 is 5.60 Å². The highest BCUT2D eigenvalue weighted by Crippen LogP contribution is 2.17. The van der Waals surface area contributed by atoms with E-state index in [-0.39, 0.29) is 11.6 Å². The average molecular weight is 398 g/mol. The minimum absolute atomic E-state index is 0.237. The van der Waals surface area contributed by atoms with Crippen molar-refractivity contribution < 1.29 is 19.4 Å². The summed E-state index contributed by atoms with van der Waals surface area (Å²) in [5, 5.41) is 9.39. The Morgan fingerprint density at radius 1 is 0.966 bits per heavy atom. The molecule has 0 aromatic heterocycles. The zero-order valence-corrected chi connectivity index (χ0v) is 17.6. The number of carbonyl (C=O) groups excluding carboxylic acids is 2. The van der Waals surface area contributed by atoms with Crippen molar-refractivity contribution in [2.75, 3.05) is 31.2 Å². The third-order valence-corrected chi connectivity index (χ3v) is 4.63. The van der Waals surface area contributed by atoms with Gasteiger partial charge in [-0.2, -0.15) is 0 Å². The maximum atomic E-state index is 11.7. The van der Waals surface area contributed by atoms with Crippen LogP contribution in [0.5, 0.6) is 0 Å². The summed E-state index contributed by atoms with van der Waals surface area (Å²) in [5.41, 5.74) is 1.27. The monoisotopic (exact) mass is 397 g/mol. The van der Waals surface area contributed by atoms with E-state index in [4.69, 9.17) is 4.74 Å². The molecular formula is C24H31NO4. The molecule has 0 atom stereocenters. The van der Waals surface area contributed by atoms with Gasteiger partial charge in [-0.05, 0) is 44.5 Å². The van der Waals surface area contributed by atoms with Crippen LogP contribution in [0.4, 0.5) is 5.69 Å². The average Bonchev–Trinajstić information content (AvgIpc) is 2.74. The number of hydrogen-bond acceptors (Lipinski definition) is 5. The van der Waals surface area contributed by atoms with E-state index in [0.717, 1.165) is 38.3 Å². The number of nitrogens with zero attached hydrogens (tertiary/aromatic N) is 1. The lowest BCUT2D eigenvalue weighted by Crippen LogP contribution is -2.36. The lowest BCUT2D eigenvalue weighted by atomic mass is 9.97. The summed E-state index contributed by atoms with van der Waals surface area (Å²) in [6.07, 6.45) is 1.54. The smallest absolute Gasteiger partial charge is 0.193 e. The Kier molecular flexibility index (Phi) is 8.55. The highest BCUT2D eigenvalue weighted by Gasteiger charge is 2.24. The van der Waals surface area contributed by atoms with Crippen molar-refractivity contribution in [2.45, 2.75) is 39.2 Å². The van der Waals surface area contributed by atoms with E-state index in [1.165, 1.54) is 19.5 Å². The molecule has 3 rings (SSSR count). The minimum atomic E-state index is -1.28. The Hall–Kier alpha value is -2.50. The molecule has 2 aromatic rings. The van der Waals surface area contributed by atoms with E-state index in [0.29, 0.717) is 12.0 Å². The molecule has 1 saturated heterocycles. The molecule has 0 saturated carbocycles. The first-order valence-corrected chi connectivity index (χ1v) is 10.1. The first-order chi connectivity index (χ1) is 13.8. The molecule has 156 valence electrons. The van der Waals surface area contributed by atoms with Crippen molar-refractivity contribution in [2.24, 2.45) is 0 Å². The largest absolute Gasteiger partial charge is 0.382 e. The maximum absolute atomic E-state index is 11.7. The summed E-state index contributed by atoms with van der Waals surface area (Å²) in [5.74, 6) is -0.0101. The van der Waals surface area contributed by atoms with Crippen LogP contribution in [0.25, 0.3) is 0 Å². The van der Waals surface area contributed by atoms with Crippen LogP contribution in [0.1, 0.15) is 54.3 Å². The second-order valence-corrected chi connectivity index (χ2v) is 7.57. The lowest BCUT2D eigenvalue weighted by molar-refractivity contribution is 0.0488. The fraction of sp³-hybridized carbons (Fsp3) is 0.417. The Morgan fingerprint density at radius 3 is 2.07 bits per heavy atom. The predicted molar refractivity (Wildman–Crippen MR) is 116 cm³/mol. The Labute approximate surface area is 173 Å². The molecule has 0 bridgehead atoms. The fourth-order valence-electron chi connectivity index (χ4n) is 2.99. The van der Waals surface area contributed by atoms with E-state index in [1.54, 1.807) is 24.3 Å². The summed E-state index contributed by atoms with van der Waals surface area (Å²) in [7, 11) is 0. The van der Waals surface area contributed by atoms with Gasteiger partial charge in [-0.25, -0.2) is 0 Å². The highest BCUT2D eigenvalue weighted by molar-refractivity contribution is 6.01. The number of rotatable bonds is 6. The molecule has 29 heavy (non-hydrogen) atoms. The van der Waals surface area contributed by atoms with Crippen LogP contribution in [0.3, 0.4) is 0 Å². The maximum Gasteiger partial charge on any atom is 0.193 e. The lowest BCUT2D eigenvalue weighted by Gasteiger charge is -2.28. The van der Waals surface area contributed by atoms with Crippen LogP contribution in [-0.4, -0.2) is 48.6 Å². The number of aliphatic hydroxyl groups is 1. The number of ketones is 2. The predicted octanol–water partition coefficient (Wildman–Crippen LogP) is 4.15. The van der Waals surface area contributed by atoms with Crippen LogP contribution in [-0.2, 0) is 4.74 Å². The van der Waals surface area contributed by atoms with Crippen molar-refractivity contribution >= 4 is 17.3 Å². The van der Waals surface area contributed by atoms with Crippen molar-refractivity contribution in [1.29, 1.82) is 0 Å². The van der Waals surface area contributed by atoms with Gasteiger partial charge in [0.2, 0.25) is 0 Å². The summed E-state index contributed by atoms with van der Waals surface area (Å²) >= 11 is 0. The van der Waals surface area contributed by atoms with Crippen LogP contribution in [0.2, 0.25) is 0 Å². The number of Topliss-reactive ketones (excluding diaryl/α,β-unsaturated/α-hetero) is 2. The van der Waals surface area contributed by atoms with Gasteiger partial charge >= 0.3 is 0 Å². The topological polar surface area (TPSA) is 66.8 Å². The molecule has 5 nitrogen and oxygen atoms in total. The molecule has 1 aliphatic rings. The first kappa shape index (κ1) is 22.8. The second-order valence-electron chi connectivity index (χ2n) is 7.57. The van der Waals surface area contributed by atoms with Gasteiger partial charge in [0, 0.05) is 36.3 Å². The van der Waals surface area contributed by atoms with Crippen LogP contribution >= 0.6 is 0 Å². The molecule has 0 unspecified atom stereocenters. The number of benzene rings is 2. The summed E-state index contributed by atoms with van der Waals surface area (Å²) < 4.78 is 5.32. The minimum Gasteiger partial charge on any atom is -0.382 e. The molecule has 0 spiro atoms. The second kappa shape index (κ2) is 10.9. The summed E-state index contributed by atoms with van der Waals surface area (Å²) in [6, 6.07) is 16.7. The Balaban J connectivity index is 0.000000221. The molecule has 1 fully saturated rings. The molecule has 0 aliphatic carbocycles. The third kappa shape index (κ3) is 7.11. The van der Waals surface area contributed by atoms with Gasteiger partial charge in [-0.3, -0.25) is 9.59 Å². The standard InChI is InChI=1S/C14H19NO2.C10H12O2/c1-2-3-14(16)12-4-6-13(7-5-12)15-8-10-17-11-9-15;1-10(2,12)9(11)8-6-4-3-5-7-8/h4-7H,2-3,8-11H2,1H3;3-7,12H,1-2H3. The van der Waals surface area contributed by atoms with Crippen molar-refractivity contribution in [3.05, 3.63) is 65.7 Å². The number of carbonyl (C=O) groups is 2. The van der Waals surface area contributed by atoms with E-state index >= 15 is 0 Å². The van der Waals surface area contributed by atoms with Crippen molar-refractivity contribution in [1.82, 2.24) is 0 Å². The molecule has 2 aromatic carbocycles. The van der Waals surface area contributed by atoms with Gasteiger partial charge in [0.25, 0.3) is 0 Å². The number of anilines is 1. The van der Waals surface area contributed by atoms with Gasteiger partial charge in [-0.15, -0.1) is 0 Å². The van der Waals surface area contributed by atoms with E-state index in [1.807, 2.05) is 37.3 Å². The van der Waals surface area contributed by atoms with Gasteiger partial charge in [0.15, 0.2) is 11.6 Å². The highest BCUT2D eigenvalue weighted by atomic mass is 16.5. The SMILES string of the molecule is CC(C)(O)C(=O)c1ccccc1.CCCC(=O)c1ccc(N2CCOCC2)cc1. The van der Waals surface area contributed by atoms with Gasteiger partial charge in [-0.1, -0.05) is 37.3 Å². The number of ether oxygens (including phenoxy) is 1. The number of hydrogen-bond donors (Lipinski definition) is 1. The Bertz CT molecular complexity index is 773. The molecule has 5 heteroatoms. The molecule has 0 radical (unpaired) electrons. The van der Waals surface area contributed by atoms with Gasteiger partial charge in [0.1, 0.15) is 5.60 Å². The van der Waals surface area contributed by atoms with Gasteiger partial charge < -0.3 is 14.7 Å². The Morgan fingerprint density at radius 2 is 1.55 bits per heavy atom. The van der Waals surface area contributed by atoms with E-state index in [9.17, 15) is 14.7 Å². The summed E-state index contributed by atoms with van der Waals surface area (Å²) in [4.78, 5) is 25.4. The van der Waals surface area contributed by atoms with E-state index in [2.05, 4.69) is 4.90 Å². The van der Waals surface area contributed by atoms with Crippen molar-refractivity contribution in [3.63, 3.8) is 0 Å². The van der Waals surface area contributed by atoms with Crippen LogP contribution in [0.15, 0.2) is 54.6 Å². The first-order valence-electron chi connectivity index (χ1n) is 10.1. The molecule has 1 aliphatic heterocycles. The molecular weight excluding hydrogens is 366 g/mol. The zero-order valence-electron chi connectivity index (χ0n) is 17.6. The van der Waals surface area contributed by atoms with Crippen LogP contribution < -0.4 is 4.90 Å². The zero-order chi connectivity index (χ0) is 21.3. The molecule has 1 heterocycles. The normalized spacial score (nSPS) is 14.0. The quantitative estimate of drug-likeness (QED) is 0.742.